The molecule has 0 saturated carbocycles. The van der Waals surface area contributed by atoms with Crippen LogP contribution in [-0.4, -0.2) is 17.5 Å². The van der Waals surface area contributed by atoms with Gasteiger partial charge in [-0.25, -0.2) is 0 Å². The molecule has 0 amide bonds. The fourth-order valence-corrected chi connectivity index (χ4v) is 10.8. The van der Waals surface area contributed by atoms with Crippen molar-refractivity contribution in [1.29, 1.82) is 0 Å². The van der Waals surface area contributed by atoms with Crippen LogP contribution in [0.4, 0.5) is 0 Å². The lowest BCUT2D eigenvalue weighted by Crippen LogP contribution is -2.51. The second kappa shape index (κ2) is 5.24. The average Bonchev–Trinajstić information content (AvgIpc) is 2.74. The van der Waals surface area contributed by atoms with Crippen molar-refractivity contribution in [1.82, 2.24) is 9.22 Å². The summed E-state index contributed by atoms with van der Waals surface area (Å²) in [6.07, 6.45) is 3.90. The monoisotopic (exact) mass is 290 g/mol. The minimum Gasteiger partial charge on any atom is -0.360 e. The Hall–Kier alpha value is -1.29. The Morgan fingerprint density at radius 3 is 2.05 bits per heavy atom. The van der Waals surface area contributed by atoms with Gasteiger partial charge in [0.05, 0.1) is 5.39 Å². The Morgan fingerprint density at radius 1 is 1.00 bits per heavy atom. The SMILES string of the molecule is CC(C)[Si](C(C)C)(C(C)C)n1ccc2c(=O)cc[nH]c21. The third-order valence-electron chi connectivity index (χ3n) is 4.80. The molecule has 2 aromatic rings. The topological polar surface area (TPSA) is 37.8 Å². The van der Waals surface area contributed by atoms with E-state index in [-0.39, 0.29) is 5.43 Å². The van der Waals surface area contributed by atoms with Crippen molar-refractivity contribution in [2.45, 2.75) is 58.2 Å². The number of nitrogens with zero attached hydrogens (tertiary/aromatic N) is 1. The Labute approximate surface area is 122 Å². The summed E-state index contributed by atoms with van der Waals surface area (Å²) in [5, 5.41) is 0.811. The number of rotatable bonds is 4. The van der Waals surface area contributed by atoms with Gasteiger partial charge in [0, 0.05) is 12.3 Å². The maximum absolute atomic E-state index is 12.0. The summed E-state index contributed by atoms with van der Waals surface area (Å²) in [4.78, 5) is 15.3. The van der Waals surface area contributed by atoms with E-state index in [9.17, 15) is 4.79 Å². The smallest absolute Gasteiger partial charge is 0.190 e. The molecule has 1 N–H and O–H groups in total. The zero-order valence-corrected chi connectivity index (χ0v) is 14.4. The molecule has 0 bridgehead atoms. The molecule has 0 spiro atoms. The summed E-state index contributed by atoms with van der Waals surface area (Å²) in [7, 11) is -1.79. The van der Waals surface area contributed by atoms with Gasteiger partial charge >= 0.3 is 0 Å². The molecule has 0 atom stereocenters. The van der Waals surface area contributed by atoms with Gasteiger partial charge in [-0.1, -0.05) is 41.5 Å². The fraction of sp³-hybridized carbons (Fsp3) is 0.562. The third-order valence-corrected chi connectivity index (χ3v) is 11.6. The van der Waals surface area contributed by atoms with E-state index in [0.717, 1.165) is 11.0 Å². The first kappa shape index (κ1) is 15.1. The maximum atomic E-state index is 12.0. The first-order chi connectivity index (χ1) is 9.33. The van der Waals surface area contributed by atoms with Crippen molar-refractivity contribution in [3.8, 4) is 0 Å². The van der Waals surface area contributed by atoms with Gasteiger partial charge in [-0.2, -0.15) is 0 Å². The molecule has 0 fully saturated rings. The number of hydrogen-bond acceptors (Lipinski definition) is 1. The van der Waals surface area contributed by atoms with Crippen LogP contribution >= 0.6 is 0 Å². The van der Waals surface area contributed by atoms with Crippen molar-refractivity contribution in [2.24, 2.45) is 0 Å². The molecule has 0 aliphatic rings. The van der Waals surface area contributed by atoms with Crippen molar-refractivity contribution < 1.29 is 0 Å². The zero-order valence-electron chi connectivity index (χ0n) is 13.4. The highest BCUT2D eigenvalue weighted by Gasteiger charge is 2.45. The Morgan fingerprint density at radius 2 is 1.55 bits per heavy atom. The lowest BCUT2D eigenvalue weighted by Gasteiger charge is -2.44. The Bertz CT molecular complexity index is 630. The van der Waals surface area contributed by atoms with E-state index in [4.69, 9.17) is 0 Å². The van der Waals surface area contributed by atoms with Crippen molar-refractivity contribution in [3.05, 3.63) is 34.7 Å². The molecule has 0 radical (unpaired) electrons. The van der Waals surface area contributed by atoms with Gasteiger partial charge in [0.2, 0.25) is 0 Å². The highest BCUT2D eigenvalue weighted by atomic mass is 28.3. The zero-order chi connectivity index (χ0) is 15.1. The van der Waals surface area contributed by atoms with Gasteiger partial charge in [-0.05, 0) is 28.9 Å². The lowest BCUT2D eigenvalue weighted by atomic mass is 10.3. The van der Waals surface area contributed by atoms with Crippen LogP contribution < -0.4 is 5.43 Å². The number of nitrogens with one attached hydrogen (secondary N) is 1. The summed E-state index contributed by atoms with van der Waals surface area (Å²) >= 11 is 0. The van der Waals surface area contributed by atoms with E-state index in [1.165, 1.54) is 0 Å². The molecule has 0 aliphatic heterocycles. The molecule has 4 heteroatoms. The van der Waals surface area contributed by atoms with Crippen LogP contribution in [0.1, 0.15) is 41.5 Å². The lowest BCUT2D eigenvalue weighted by molar-refractivity contribution is 0.770. The summed E-state index contributed by atoms with van der Waals surface area (Å²) in [6.45, 7) is 14.0. The van der Waals surface area contributed by atoms with Gasteiger partial charge in [0.25, 0.3) is 0 Å². The molecule has 0 saturated heterocycles. The number of hydrogen-bond donors (Lipinski definition) is 1. The number of pyridine rings is 1. The molecular formula is C16H26N2OSi. The fourth-order valence-electron chi connectivity index (χ4n) is 4.22. The highest BCUT2D eigenvalue weighted by Crippen LogP contribution is 2.43. The molecule has 0 unspecified atom stereocenters. The molecule has 2 heterocycles. The highest BCUT2D eigenvalue weighted by molar-refractivity contribution is 6.82. The van der Waals surface area contributed by atoms with Gasteiger partial charge in [0.1, 0.15) is 5.65 Å². The number of aromatic amines is 1. The number of fused-ring (bicyclic) bond motifs is 1. The van der Waals surface area contributed by atoms with Crippen molar-refractivity contribution >= 4 is 19.3 Å². The van der Waals surface area contributed by atoms with Crippen LogP contribution in [0.15, 0.2) is 29.3 Å². The molecule has 20 heavy (non-hydrogen) atoms. The first-order valence-electron chi connectivity index (χ1n) is 7.52. The van der Waals surface area contributed by atoms with Gasteiger partial charge < -0.3 is 9.22 Å². The second-order valence-corrected chi connectivity index (χ2v) is 12.4. The van der Waals surface area contributed by atoms with Gasteiger partial charge in [-0.3, -0.25) is 4.79 Å². The third kappa shape index (κ3) is 1.97. The van der Waals surface area contributed by atoms with Crippen LogP contribution in [-0.2, 0) is 0 Å². The molecule has 110 valence electrons. The summed E-state index contributed by atoms with van der Waals surface area (Å²) < 4.78 is 2.43. The van der Waals surface area contributed by atoms with Crippen LogP contribution in [0.3, 0.4) is 0 Å². The summed E-state index contributed by atoms with van der Waals surface area (Å²) in [5.41, 5.74) is 2.95. The van der Waals surface area contributed by atoms with E-state index >= 15 is 0 Å². The molecular weight excluding hydrogens is 264 g/mol. The van der Waals surface area contributed by atoms with Crippen molar-refractivity contribution in [3.63, 3.8) is 0 Å². The van der Waals surface area contributed by atoms with Gasteiger partial charge in [-0.15, -0.1) is 0 Å². The van der Waals surface area contributed by atoms with E-state index in [1.807, 2.05) is 6.07 Å². The normalized spacial score (nSPS) is 13.1. The second-order valence-electron chi connectivity index (χ2n) is 6.64. The van der Waals surface area contributed by atoms with E-state index in [2.05, 4.69) is 57.0 Å². The molecule has 0 aliphatic carbocycles. The van der Waals surface area contributed by atoms with Crippen LogP contribution in [0.25, 0.3) is 11.0 Å². The summed E-state index contributed by atoms with van der Waals surface area (Å²) in [6, 6.07) is 3.58. The average molecular weight is 290 g/mol. The predicted octanol–water partition coefficient (Wildman–Crippen LogP) is 4.35. The number of H-pyrrole nitrogens is 1. The summed E-state index contributed by atoms with van der Waals surface area (Å²) in [5.74, 6) is 0. The van der Waals surface area contributed by atoms with Gasteiger partial charge in [0.15, 0.2) is 13.7 Å². The van der Waals surface area contributed by atoms with Crippen LogP contribution in [0.5, 0.6) is 0 Å². The van der Waals surface area contributed by atoms with E-state index in [1.54, 1.807) is 12.3 Å². The predicted molar refractivity (Wildman–Crippen MR) is 89.0 cm³/mol. The van der Waals surface area contributed by atoms with Crippen LogP contribution in [0.2, 0.25) is 16.6 Å². The molecule has 3 nitrogen and oxygen atoms in total. The Kier molecular flexibility index (Phi) is 3.96. The first-order valence-corrected chi connectivity index (χ1v) is 9.70. The minimum absolute atomic E-state index is 0.108. The largest absolute Gasteiger partial charge is 0.360 e. The number of aromatic nitrogens is 2. The quantitative estimate of drug-likeness (QED) is 0.835. The molecule has 0 aromatic carbocycles. The Balaban J connectivity index is 2.82. The van der Waals surface area contributed by atoms with E-state index < -0.39 is 8.24 Å². The molecule has 2 rings (SSSR count). The minimum atomic E-state index is -1.79. The van der Waals surface area contributed by atoms with Crippen molar-refractivity contribution in [2.75, 3.05) is 0 Å². The standard InChI is InChI=1S/C16H26N2OSi/c1-11(2)20(12(3)4,13(5)6)18-10-8-14-15(19)7-9-17-16(14)18/h7-13H,1-6H3,(H,17,19). The van der Waals surface area contributed by atoms with Crippen LogP contribution in [0, 0.1) is 0 Å². The maximum Gasteiger partial charge on any atom is 0.190 e. The molecule has 2 aromatic heterocycles. The van der Waals surface area contributed by atoms with E-state index in [0.29, 0.717) is 16.6 Å².